The number of nitrogens with two attached hydrogens (primary N) is 1. The Hall–Kier alpha value is -2.75. The number of benzene rings is 1. The van der Waals surface area contributed by atoms with Crippen LogP contribution < -0.4 is 10.6 Å². The van der Waals surface area contributed by atoms with Gasteiger partial charge in [0.25, 0.3) is 0 Å². The van der Waals surface area contributed by atoms with Crippen LogP contribution in [0.5, 0.6) is 0 Å². The smallest absolute Gasteiger partial charge is 0.229 e. The number of hydrogen-bond acceptors (Lipinski definition) is 9. The maximum atomic E-state index is 5.75. The minimum atomic E-state index is 0.197. The molecule has 2 N–H and O–H groups in total. The second kappa shape index (κ2) is 7.01. The van der Waals surface area contributed by atoms with E-state index < -0.39 is 0 Å². The molecule has 0 saturated heterocycles. The largest absolute Gasteiger partial charge is 0.368 e. The van der Waals surface area contributed by atoms with Gasteiger partial charge in [-0.1, -0.05) is 17.8 Å². The molecule has 0 aliphatic carbocycles. The van der Waals surface area contributed by atoms with Gasteiger partial charge in [0.1, 0.15) is 5.82 Å². The summed E-state index contributed by atoms with van der Waals surface area (Å²) in [6.07, 6.45) is 0. The van der Waals surface area contributed by atoms with E-state index in [1.165, 1.54) is 22.9 Å². The van der Waals surface area contributed by atoms with E-state index in [-0.39, 0.29) is 5.95 Å². The van der Waals surface area contributed by atoms with Gasteiger partial charge in [-0.25, -0.2) is 0 Å². The lowest BCUT2D eigenvalue weighted by Crippen LogP contribution is -2.16. The summed E-state index contributed by atoms with van der Waals surface area (Å²) in [6.45, 7) is 4.13. The first-order valence-electron chi connectivity index (χ1n) is 7.60. The van der Waals surface area contributed by atoms with E-state index in [2.05, 4.69) is 56.5 Å². The van der Waals surface area contributed by atoms with Crippen molar-refractivity contribution in [1.82, 2.24) is 35.2 Å². The highest BCUT2D eigenvalue weighted by atomic mass is 32.2. The minimum Gasteiger partial charge on any atom is -0.368 e. The average Bonchev–Trinajstić information content (AvgIpc) is 3.03. The number of rotatable bonds is 5. The Morgan fingerprint density at radius 2 is 1.92 bits per heavy atom. The van der Waals surface area contributed by atoms with Crippen molar-refractivity contribution >= 4 is 23.7 Å². The van der Waals surface area contributed by atoms with Crippen molar-refractivity contribution in [3.63, 3.8) is 0 Å². The molecule has 0 aliphatic heterocycles. The van der Waals surface area contributed by atoms with Crippen LogP contribution in [-0.2, 0) is 5.75 Å². The standard InChI is InChI=1S/C15H19N9S/c1-9-5-6-11(7-10(9)2)24-15(20-21-22-24)25-8-12-17-13(16)19-14(18-12)23(3)4/h5-7H,8H2,1-4H3,(H2,16,17,18,19). The minimum absolute atomic E-state index is 0.197. The third-order valence-electron chi connectivity index (χ3n) is 3.59. The fraction of sp³-hybridized carbons (Fsp3) is 0.333. The van der Waals surface area contributed by atoms with Crippen LogP contribution in [0.4, 0.5) is 11.9 Å². The summed E-state index contributed by atoms with van der Waals surface area (Å²) < 4.78 is 1.70. The Balaban J connectivity index is 1.81. The molecule has 0 spiro atoms. The van der Waals surface area contributed by atoms with E-state index >= 15 is 0 Å². The number of thioether (sulfide) groups is 1. The van der Waals surface area contributed by atoms with Crippen LogP contribution in [0.2, 0.25) is 0 Å². The fourth-order valence-electron chi connectivity index (χ4n) is 2.11. The van der Waals surface area contributed by atoms with Crippen LogP contribution in [0.25, 0.3) is 5.69 Å². The zero-order valence-electron chi connectivity index (χ0n) is 14.5. The van der Waals surface area contributed by atoms with Gasteiger partial charge in [0, 0.05) is 14.1 Å². The van der Waals surface area contributed by atoms with Gasteiger partial charge in [0.2, 0.25) is 17.1 Å². The van der Waals surface area contributed by atoms with Crippen LogP contribution in [0.1, 0.15) is 17.0 Å². The predicted octanol–water partition coefficient (Wildman–Crippen LogP) is 1.40. The summed E-state index contributed by atoms with van der Waals surface area (Å²) >= 11 is 1.44. The lowest BCUT2D eigenvalue weighted by molar-refractivity contribution is 0.755. The Bertz CT molecular complexity index is 890. The predicted molar refractivity (Wildman–Crippen MR) is 96.8 cm³/mol. The summed E-state index contributed by atoms with van der Waals surface area (Å²) in [5.74, 6) is 1.79. The van der Waals surface area contributed by atoms with Crippen molar-refractivity contribution in [3.8, 4) is 5.69 Å². The van der Waals surface area contributed by atoms with E-state index in [1.54, 1.807) is 9.58 Å². The number of nitrogens with zero attached hydrogens (tertiary/aromatic N) is 8. The molecular weight excluding hydrogens is 338 g/mol. The molecule has 0 amide bonds. The Morgan fingerprint density at radius 1 is 1.12 bits per heavy atom. The van der Waals surface area contributed by atoms with Crippen LogP contribution in [0, 0.1) is 13.8 Å². The Labute approximate surface area is 149 Å². The summed E-state index contributed by atoms with van der Waals surface area (Å²) in [4.78, 5) is 14.4. The quantitative estimate of drug-likeness (QED) is 0.677. The van der Waals surface area contributed by atoms with Gasteiger partial charge in [0.05, 0.1) is 11.4 Å². The first-order valence-corrected chi connectivity index (χ1v) is 8.59. The Kier molecular flexibility index (Phi) is 4.79. The highest BCUT2D eigenvalue weighted by Crippen LogP contribution is 2.23. The monoisotopic (exact) mass is 357 g/mol. The molecule has 0 aliphatic rings. The number of nitrogen functional groups attached to an aromatic ring is 1. The van der Waals surface area contributed by atoms with Crippen LogP contribution in [-0.4, -0.2) is 49.3 Å². The summed E-state index contributed by atoms with van der Waals surface area (Å²) in [6, 6.07) is 6.10. The highest BCUT2D eigenvalue weighted by Gasteiger charge is 2.12. The lowest BCUT2D eigenvalue weighted by Gasteiger charge is -2.11. The van der Waals surface area contributed by atoms with Gasteiger partial charge in [0.15, 0.2) is 0 Å². The van der Waals surface area contributed by atoms with Gasteiger partial charge < -0.3 is 10.6 Å². The third kappa shape index (κ3) is 3.85. The van der Waals surface area contributed by atoms with Gasteiger partial charge >= 0.3 is 0 Å². The molecule has 10 heteroatoms. The van der Waals surface area contributed by atoms with Crippen molar-refractivity contribution in [3.05, 3.63) is 35.2 Å². The molecule has 0 radical (unpaired) electrons. The number of anilines is 2. The van der Waals surface area contributed by atoms with E-state index in [1.807, 2.05) is 20.2 Å². The van der Waals surface area contributed by atoms with Gasteiger partial charge in [-0.2, -0.15) is 19.6 Å². The second-order valence-electron chi connectivity index (χ2n) is 5.73. The zero-order valence-corrected chi connectivity index (χ0v) is 15.3. The zero-order chi connectivity index (χ0) is 18.0. The molecule has 0 bridgehead atoms. The normalized spacial score (nSPS) is 10.9. The van der Waals surface area contributed by atoms with Crippen molar-refractivity contribution in [1.29, 1.82) is 0 Å². The summed E-state index contributed by atoms with van der Waals surface area (Å²) in [7, 11) is 3.71. The average molecular weight is 357 g/mol. The molecule has 0 saturated carbocycles. The summed E-state index contributed by atoms with van der Waals surface area (Å²) in [5, 5.41) is 12.6. The van der Waals surface area contributed by atoms with Gasteiger partial charge in [-0.15, -0.1) is 5.10 Å². The maximum absolute atomic E-state index is 5.75. The van der Waals surface area contributed by atoms with Crippen LogP contribution in [0.15, 0.2) is 23.4 Å². The molecule has 3 rings (SSSR count). The second-order valence-corrected chi connectivity index (χ2v) is 6.68. The molecule has 3 aromatic rings. The molecule has 1 aromatic carbocycles. The van der Waals surface area contributed by atoms with E-state index in [0.29, 0.717) is 22.7 Å². The van der Waals surface area contributed by atoms with E-state index in [0.717, 1.165) is 5.69 Å². The van der Waals surface area contributed by atoms with Crippen LogP contribution in [0.3, 0.4) is 0 Å². The molecule has 0 atom stereocenters. The molecule has 0 unspecified atom stereocenters. The van der Waals surface area contributed by atoms with Crippen LogP contribution >= 0.6 is 11.8 Å². The molecular formula is C15H19N9S. The number of tetrazole rings is 1. The molecule has 0 fully saturated rings. The van der Waals surface area contributed by atoms with Crippen molar-refractivity contribution in [2.24, 2.45) is 0 Å². The highest BCUT2D eigenvalue weighted by molar-refractivity contribution is 7.98. The van der Waals surface area contributed by atoms with Gasteiger partial charge in [-0.3, -0.25) is 0 Å². The molecule has 9 nitrogen and oxygen atoms in total. The number of aryl methyl sites for hydroxylation is 2. The SMILES string of the molecule is Cc1ccc(-n2nnnc2SCc2nc(N)nc(N(C)C)n2)cc1C. The molecule has 2 aromatic heterocycles. The van der Waals surface area contributed by atoms with Crippen molar-refractivity contribution in [2.45, 2.75) is 24.8 Å². The Morgan fingerprint density at radius 3 is 2.64 bits per heavy atom. The first-order chi connectivity index (χ1) is 11.9. The van der Waals surface area contributed by atoms with Gasteiger partial charge in [-0.05, 0) is 47.5 Å². The maximum Gasteiger partial charge on any atom is 0.229 e. The number of hydrogen-bond donors (Lipinski definition) is 1. The first kappa shape index (κ1) is 17.1. The van der Waals surface area contributed by atoms with E-state index in [9.17, 15) is 0 Å². The molecule has 25 heavy (non-hydrogen) atoms. The molecule has 130 valence electrons. The fourth-order valence-corrected chi connectivity index (χ4v) is 2.85. The third-order valence-corrected chi connectivity index (χ3v) is 4.51. The van der Waals surface area contributed by atoms with E-state index in [4.69, 9.17) is 5.73 Å². The topological polar surface area (TPSA) is 112 Å². The number of aromatic nitrogens is 7. The van der Waals surface area contributed by atoms with Crippen molar-refractivity contribution < 1.29 is 0 Å². The summed E-state index contributed by atoms with van der Waals surface area (Å²) in [5.41, 5.74) is 9.08. The molecule has 2 heterocycles. The van der Waals surface area contributed by atoms with Crippen molar-refractivity contribution in [2.75, 3.05) is 24.7 Å². The lowest BCUT2D eigenvalue weighted by atomic mass is 10.1.